The number of anilines is 2. The Labute approximate surface area is 169 Å². The highest BCUT2D eigenvalue weighted by molar-refractivity contribution is 9.10. The fourth-order valence-corrected chi connectivity index (χ4v) is 3.24. The number of amides is 1. The van der Waals surface area contributed by atoms with Gasteiger partial charge in [-0.05, 0) is 65.3 Å². The van der Waals surface area contributed by atoms with E-state index in [0.717, 1.165) is 30.4 Å². The van der Waals surface area contributed by atoms with Crippen LogP contribution >= 0.6 is 28.1 Å². The van der Waals surface area contributed by atoms with Crippen molar-refractivity contribution in [2.75, 3.05) is 23.3 Å². The molecule has 1 saturated heterocycles. The fourth-order valence-electron chi connectivity index (χ4n) is 2.81. The van der Waals surface area contributed by atoms with Gasteiger partial charge >= 0.3 is 0 Å². The second-order valence-corrected chi connectivity index (χ2v) is 7.25. The average Bonchev–Trinajstić information content (AvgIpc) is 3.17. The third-order valence-electron chi connectivity index (χ3n) is 4.08. The minimum atomic E-state index is -0.527. The molecule has 0 bridgehead atoms. The lowest BCUT2D eigenvalue weighted by atomic mass is 10.1. The molecule has 1 aromatic carbocycles. The van der Waals surface area contributed by atoms with Gasteiger partial charge in [-0.2, -0.15) is 0 Å². The Morgan fingerprint density at radius 2 is 2.00 bits per heavy atom. The lowest BCUT2D eigenvalue weighted by molar-refractivity contribution is -0.384. The van der Waals surface area contributed by atoms with E-state index in [-0.39, 0.29) is 16.4 Å². The molecule has 2 N–H and O–H groups in total. The molecule has 1 fully saturated rings. The van der Waals surface area contributed by atoms with Crippen LogP contribution in [0.1, 0.15) is 23.2 Å². The number of aromatic nitrogens is 1. The summed E-state index contributed by atoms with van der Waals surface area (Å²) in [6.45, 7) is 1.56. The molecule has 1 aliphatic heterocycles. The third kappa shape index (κ3) is 4.77. The summed E-state index contributed by atoms with van der Waals surface area (Å²) in [6.07, 6.45) is 3.60. The normalized spacial score (nSPS) is 13.3. The number of benzene rings is 1. The van der Waals surface area contributed by atoms with Gasteiger partial charge in [-0.25, -0.2) is 4.98 Å². The van der Waals surface area contributed by atoms with E-state index in [0.29, 0.717) is 11.5 Å². The molecule has 0 unspecified atom stereocenters. The summed E-state index contributed by atoms with van der Waals surface area (Å²) < 4.78 is 0.813. The number of nitrogens with zero attached hydrogens (tertiary/aromatic N) is 3. The Morgan fingerprint density at radius 1 is 1.26 bits per heavy atom. The van der Waals surface area contributed by atoms with E-state index in [1.165, 1.54) is 6.07 Å². The molecule has 3 rings (SSSR count). The van der Waals surface area contributed by atoms with E-state index in [1.54, 1.807) is 30.5 Å². The van der Waals surface area contributed by atoms with Crippen LogP contribution in [-0.4, -0.2) is 34.0 Å². The average molecular weight is 450 g/mol. The monoisotopic (exact) mass is 449 g/mol. The topological polar surface area (TPSA) is 100 Å². The molecular weight excluding hydrogens is 434 g/mol. The van der Waals surface area contributed by atoms with Gasteiger partial charge in [-0.3, -0.25) is 20.2 Å². The molecule has 0 atom stereocenters. The Balaban J connectivity index is 1.72. The van der Waals surface area contributed by atoms with Crippen LogP contribution in [0.15, 0.2) is 41.0 Å². The number of hydrogen-bond acceptors (Lipinski definition) is 6. The van der Waals surface area contributed by atoms with Crippen LogP contribution in [0.3, 0.4) is 0 Å². The van der Waals surface area contributed by atoms with Crippen LogP contribution in [0.25, 0.3) is 0 Å². The predicted octanol–water partition coefficient (Wildman–Crippen LogP) is 3.48. The van der Waals surface area contributed by atoms with Gasteiger partial charge in [0, 0.05) is 35.4 Å². The van der Waals surface area contributed by atoms with Gasteiger partial charge in [0.2, 0.25) is 0 Å². The lowest BCUT2D eigenvalue weighted by Crippen LogP contribution is -2.34. The summed E-state index contributed by atoms with van der Waals surface area (Å²) in [5.74, 6) is -0.0560. The number of carbonyl (C=O) groups is 1. The molecule has 2 heterocycles. The minimum Gasteiger partial charge on any atom is -0.366 e. The number of halogens is 1. The maximum absolute atomic E-state index is 12.4. The van der Waals surface area contributed by atoms with Crippen LogP contribution in [0.2, 0.25) is 0 Å². The van der Waals surface area contributed by atoms with Crippen molar-refractivity contribution in [3.05, 3.63) is 56.7 Å². The Bertz CT molecular complexity index is 885. The summed E-state index contributed by atoms with van der Waals surface area (Å²) in [4.78, 5) is 29.4. The SMILES string of the molecule is O=C(NC(=S)Nc1ccc(Br)cn1)c1ccc(N2CCCC2)c([N+](=O)[O-])c1. The quantitative estimate of drug-likeness (QED) is 0.418. The first-order valence-electron chi connectivity index (χ1n) is 8.21. The molecule has 1 aliphatic rings. The van der Waals surface area contributed by atoms with Gasteiger partial charge < -0.3 is 10.2 Å². The van der Waals surface area contributed by atoms with Gasteiger partial charge in [-0.1, -0.05) is 0 Å². The van der Waals surface area contributed by atoms with E-state index in [2.05, 4.69) is 31.5 Å². The van der Waals surface area contributed by atoms with Crippen molar-refractivity contribution in [1.29, 1.82) is 0 Å². The van der Waals surface area contributed by atoms with Crippen molar-refractivity contribution in [1.82, 2.24) is 10.3 Å². The maximum atomic E-state index is 12.4. The van der Waals surface area contributed by atoms with Gasteiger partial charge in [0.05, 0.1) is 4.92 Å². The van der Waals surface area contributed by atoms with Crippen molar-refractivity contribution in [2.24, 2.45) is 0 Å². The molecule has 10 heteroatoms. The van der Waals surface area contributed by atoms with Crippen LogP contribution in [-0.2, 0) is 0 Å². The Kier molecular flexibility index (Phi) is 5.97. The summed E-state index contributed by atoms with van der Waals surface area (Å²) in [5, 5.41) is 16.8. The molecule has 8 nitrogen and oxygen atoms in total. The number of nitrogens with one attached hydrogen (secondary N) is 2. The molecule has 0 radical (unpaired) electrons. The highest BCUT2D eigenvalue weighted by Crippen LogP contribution is 2.31. The number of pyridine rings is 1. The summed E-state index contributed by atoms with van der Waals surface area (Å²) in [7, 11) is 0. The first-order chi connectivity index (χ1) is 12.9. The lowest BCUT2D eigenvalue weighted by Gasteiger charge is -2.18. The smallest absolute Gasteiger partial charge is 0.293 e. The molecule has 0 aliphatic carbocycles. The maximum Gasteiger partial charge on any atom is 0.293 e. The zero-order valence-corrected chi connectivity index (χ0v) is 16.5. The Hall–Kier alpha value is -2.59. The van der Waals surface area contributed by atoms with Gasteiger partial charge in [0.1, 0.15) is 11.5 Å². The minimum absolute atomic E-state index is 0.0566. The van der Waals surface area contributed by atoms with Crippen molar-refractivity contribution in [3.63, 3.8) is 0 Å². The molecule has 0 spiro atoms. The molecule has 140 valence electrons. The van der Waals surface area contributed by atoms with Crippen LogP contribution in [0, 0.1) is 10.1 Å². The molecule has 0 saturated carbocycles. The van der Waals surface area contributed by atoms with Gasteiger partial charge in [0.15, 0.2) is 5.11 Å². The zero-order chi connectivity index (χ0) is 19.4. The van der Waals surface area contributed by atoms with Crippen molar-refractivity contribution in [2.45, 2.75) is 12.8 Å². The van der Waals surface area contributed by atoms with Crippen molar-refractivity contribution < 1.29 is 9.72 Å². The number of nitro groups is 1. The highest BCUT2D eigenvalue weighted by Gasteiger charge is 2.24. The number of hydrogen-bond donors (Lipinski definition) is 2. The van der Waals surface area contributed by atoms with E-state index < -0.39 is 10.8 Å². The molecule has 1 amide bonds. The molecule has 2 aromatic rings. The Morgan fingerprint density at radius 3 is 2.63 bits per heavy atom. The summed E-state index contributed by atoms with van der Waals surface area (Å²) >= 11 is 8.39. The first-order valence-corrected chi connectivity index (χ1v) is 9.41. The number of thiocarbonyl (C=S) groups is 1. The van der Waals surface area contributed by atoms with Crippen LogP contribution in [0.5, 0.6) is 0 Å². The summed E-state index contributed by atoms with van der Waals surface area (Å²) in [6, 6.07) is 7.93. The first kappa shape index (κ1) is 19.2. The largest absolute Gasteiger partial charge is 0.366 e. The second-order valence-electron chi connectivity index (χ2n) is 5.92. The summed E-state index contributed by atoms with van der Waals surface area (Å²) in [5.41, 5.74) is 0.615. The van der Waals surface area contributed by atoms with Crippen LogP contribution < -0.4 is 15.5 Å². The van der Waals surface area contributed by atoms with Crippen LogP contribution in [0.4, 0.5) is 17.2 Å². The fraction of sp³-hybridized carbons (Fsp3) is 0.235. The zero-order valence-electron chi connectivity index (χ0n) is 14.1. The third-order valence-corrected chi connectivity index (χ3v) is 4.75. The van der Waals surface area contributed by atoms with Crippen molar-refractivity contribution in [3.8, 4) is 0 Å². The molecular formula is C17H16BrN5O3S. The van der Waals surface area contributed by atoms with E-state index in [1.807, 2.05) is 4.90 Å². The van der Waals surface area contributed by atoms with E-state index in [4.69, 9.17) is 12.2 Å². The molecule has 27 heavy (non-hydrogen) atoms. The van der Waals surface area contributed by atoms with Gasteiger partial charge in [0.25, 0.3) is 11.6 Å². The van der Waals surface area contributed by atoms with E-state index in [9.17, 15) is 14.9 Å². The number of rotatable bonds is 4. The van der Waals surface area contributed by atoms with Crippen molar-refractivity contribution >= 4 is 56.4 Å². The van der Waals surface area contributed by atoms with E-state index >= 15 is 0 Å². The number of nitro benzene ring substituents is 1. The standard InChI is InChI=1S/C17H16BrN5O3S/c18-12-4-6-15(19-10-12)20-17(27)21-16(24)11-3-5-13(14(9-11)23(25)26)22-7-1-2-8-22/h3-6,9-10H,1-2,7-8H2,(H2,19,20,21,24,27). The van der Waals surface area contributed by atoms with Gasteiger partial charge in [-0.15, -0.1) is 0 Å². The number of carbonyl (C=O) groups excluding carboxylic acids is 1. The predicted molar refractivity (Wildman–Crippen MR) is 110 cm³/mol. The highest BCUT2D eigenvalue weighted by atomic mass is 79.9. The second kappa shape index (κ2) is 8.40. The molecule has 1 aromatic heterocycles.